The molecule has 0 radical (unpaired) electrons. The van der Waals surface area contributed by atoms with Crippen LogP contribution < -0.4 is 4.74 Å². The van der Waals surface area contributed by atoms with Gasteiger partial charge >= 0.3 is 0 Å². The summed E-state index contributed by atoms with van der Waals surface area (Å²) in [5.74, 6) is 0.828. The molecular formula is C13H19BrO2. The Hall–Kier alpha value is -0.540. The van der Waals surface area contributed by atoms with Crippen molar-refractivity contribution < 1.29 is 9.84 Å². The molecule has 0 heterocycles. The van der Waals surface area contributed by atoms with Crippen LogP contribution in [0.1, 0.15) is 44.8 Å². The SMILES string of the molecule is CCCCC(O)c1ccc(OCC)c(Br)c1. The topological polar surface area (TPSA) is 29.5 Å². The second-order valence-corrected chi connectivity index (χ2v) is 4.64. The number of unbranched alkanes of at least 4 members (excludes halogenated alkanes) is 1. The van der Waals surface area contributed by atoms with Crippen LogP contribution >= 0.6 is 15.9 Å². The van der Waals surface area contributed by atoms with E-state index < -0.39 is 0 Å². The summed E-state index contributed by atoms with van der Waals surface area (Å²) >= 11 is 3.45. The molecular weight excluding hydrogens is 268 g/mol. The highest BCUT2D eigenvalue weighted by molar-refractivity contribution is 9.10. The van der Waals surface area contributed by atoms with Gasteiger partial charge in [0.25, 0.3) is 0 Å². The van der Waals surface area contributed by atoms with E-state index in [9.17, 15) is 5.11 Å². The lowest BCUT2D eigenvalue weighted by molar-refractivity contribution is 0.164. The Morgan fingerprint density at radius 3 is 2.69 bits per heavy atom. The molecule has 0 aromatic heterocycles. The van der Waals surface area contributed by atoms with Crippen molar-refractivity contribution in [3.63, 3.8) is 0 Å². The molecule has 0 saturated carbocycles. The molecule has 90 valence electrons. The van der Waals surface area contributed by atoms with Gasteiger partial charge in [0.1, 0.15) is 5.75 Å². The minimum Gasteiger partial charge on any atom is -0.493 e. The average molecular weight is 287 g/mol. The molecule has 0 amide bonds. The molecule has 0 fully saturated rings. The number of ether oxygens (including phenoxy) is 1. The predicted molar refractivity (Wildman–Crippen MR) is 69.8 cm³/mol. The van der Waals surface area contributed by atoms with Crippen molar-refractivity contribution >= 4 is 15.9 Å². The van der Waals surface area contributed by atoms with E-state index in [0.29, 0.717) is 6.61 Å². The van der Waals surface area contributed by atoms with Crippen LogP contribution in [0.25, 0.3) is 0 Å². The van der Waals surface area contributed by atoms with Crippen LogP contribution in [0, 0.1) is 0 Å². The van der Waals surface area contributed by atoms with Crippen molar-refractivity contribution in [2.24, 2.45) is 0 Å². The Bertz CT molecular complexity index is 326. The van der Waals surface area contributed by atoms with Gasteiger partial charge in [-0.2, -0.15) is 0 Å². The number of hydrogen-bond acceptors (Lipinski definition) is 2. The predicted octanol–water partition coefficient (Wildman–Crippen LogP) is 4.07. The molecule has 0 spiro atoms. The minimum atomic E-state index is -0.369. The summed E-state index contributed by atoms with van der Waals surface area (Å²) in [4.78, 5) is 0. The first-order valence-corrected chi connectivity index (χ1v) is 6.58. The zero-order valence-corrected chi connectivity index (χ0v) is 11.5. The lowest BCUT2D eigenvalue weighted by atomic mass is 10.0. The fourth-order valence-electron chi connectivity index (χ4n) is 1.56. The third-order valence-electron chi connectivity index (χ3n) is 2.47. The molecule has 3 heteroatoms. The quantitative estimate of drug-likeness (QED) is 0.854. The Balaban J connectivity index is 2.71. The number of halogens is 1. The lowest BCUT2D eigenvalue weighted by Gasteiger charge is -2.12. The molecule has 0 aliphatic heterocycles. The Morgan fingerprint density at radius 1 is 1.38 bits per heavy atom. The Morgan fingerprint density at radius 2 is 2.12 bits per heavy atom. The van der Waals surface area contributed by atoms with Crippen LogP contribution in [0.3, 0.4) is 0 Å². The Labute approximate surface area is 106 Å². The van der Waals surface area contributed by atoms with E-state index in [2.05, 4.69) is 22.9 Å². The second-order valence-electron chi connectivity index (χ2n) is 3.78. The first-order chi connectivity index (χ1) is 7.69. The highest BCUT2D eigenvalue weighted by Gasteiger charge is 2.09. The molecule has 1 N–H and O–H groups in total. The van der Waals surface area contributed by atoms with E-state index in [-0.39, 0.29) is 6.10 Å². The standard InChI is InChI=1S/C13H19BrO2/c1-3-5-6-12(15)10-7-8-13(16-4-2)11(14)9-10/h7-9,12,15H,3-6H2,1-2H3. The Kier molecular flexibility index (Phi) is 5.85. The van der Waals surface area contributed by atoms with Gasteiger partial charge in [-0.3, -0.25) is 0 Å². The van der Waals surface area contributed by atoms with Gasteiger partial charge in [-0.25, -0.2) is 0 Å². The van der Waals surface area contributed by atoms with Gasteiger partial charge in [0.15, 0.2) is 0 Å². The van der Waals surface area contributed by atoms with E-state index in [0.717, 1.165) is 35.0 Å². The molecule has 1 rings (SSSR count). The van der Waals surface area contributed by atoms with Gasteiger partial charge in [-0.15, -0.1) is 0 Å². The smallest absolute Gasteiger partial charge is 0.133 e. The molecule has 2 nitrogen and oxygen atoms in total. The van der Waals surface area contributed by atoms with Crippen LogP contribution in [0.5, 0.6) is 5.75 Å². The van der Waals surface area contributed by atoms with Crippen molar-refractivity contribution in [1.82, 2.24) is 0 Å². The zero-order valence-electron chi connectivity index (χ0n) is 9.87. The molecule has 0 aliphatic carbocycles. The summed E-state index contributed by atoms with van der Waals surface area (Å²) in [7, 11) is 0. The van der Waals surface area contributed by atoms with E-state index in [1.165, 1.54) is 0 Å². The van der Waals surface area contributed by atoms with Gasteiger partial charge in [0.05, 0.1) is 17.2 Å². The van der Waals surface area contributed by atoms with E-state index in [4.69, 9.17) is 4.74 Å². The molecule has 1 aromatic rings. The van der Waals surface area contributed by atoms with Crippen LogP contribution in [0.15, 0.2) is 22.7 Å². The van der Waals surface area contributed by atoms with Crippen molar-refractivity contribution in [1.29, 1.82) is 0 Å². The maximum Gasteiger partial charge on any atom is 0.133 e. The highest BCUT2D eigenvalue weighted by atomic mass is 79.9. The largest absolute Gasteiger partial charge is 0.493 e. The van der Waals surface area contributed by atoms with Crippen LogP contribution in [0.2, 0.25) is 0 Å². The highest BCUT2D eigenvalue weighted by Crippen LogP contribution is 2.29. The summed E-state index contributed by atoms with van der Waals surface area (Å²) < 4.78 is 6.33. The summed E-state index contributed by atoms with van der Waals surface area (Å²) in [5, 5.41) is 9.94. The van der Waals surface area contributed by atoms with Crippen LogP contribution in [-0.2, 0) is 0 Å². The second kappa shape index (κ2) is 6.92. The monoisotopic (exact) mass is 286 g/mol. The van der Waals surface area contributed by atoms with Gasteiger partial charge in [-0.05, 0) is 47.0 Å². The molecule has 1 unspecified atom stereocenters. The fraction of sp³-hybridized carbons (Fsp3) is 0.538. The van der Waals surface area contributed by atoms with E-state index in [1.54, 1.807) is 0 Å². The molecule has 0 bridgehead atoms. The number of aliphatic hydroxyl groups is 1. The van der Waals surface area contributed by atoms with Crippen LogP contribution in [0.4, 0.5) is 0 Å². The van der Waals surface area contributed by atoms with Crippen molar-refractivity contribution in [2.75, 3.05) is 6.61 Å². The van der Waals surface area contributed by atoms with Gasteiger partial charge < -0.3 is 9.84 Å². The summed E-state index contributed by atoms with van der Waals surface area (Å²) in [6.07, 6.45) is 2.60. The summed E-state index contributed by atoms with van der Waals surface area (Å²) in [5.41, 5.74) is 0.948. The average Bonchev–Trinajstić information content (AvgIpc) is 2.29. The summed E-state index contributed by atoms with van der Waals surface area (Å²) in [6, 6.07) is 5.76. The first kappa shape index (κ1) is 13.5. The molecule has 1 aromatic carbocycles. The molecule has 1 atom stereocenters. The van der Waals surface area contributed by atoms with Gasteiger partial charge in [0.2, 0.25) is 0 Å². The number of rotatable bonds is 6. The van der Waals surface area contributed by atoms with Crippen molar-refractivity contribution in [3.8, 4) is 5.75 Å². The fourth-order valence-corrected chi connectivity index (χ4v) is 2.07. The molecule has 16 heavy (non-hydrogen) atoms. The first-order valence-electron chi connectivity index (χ1n) is 5.79. The maximum absolute atomic E-state index is 9.94. The number of aliphatic hydroxyl groups excluding tert-OH is 1. The maximum atomic E-state index is 9.94. The summed E-state index contributed by atoms with van der Waals surface area (Å²) in [6.45, 7) is 4.73. The van der Waals surface area contributed by atoms with Crippen LogP contribution in [-0.4, -0.2) is 11.7 Å². The van der Waals surface area contributed by atoms with E-state index in [1.807, 2.05) is 25.1 Å². The van der Waals surface area contributed by atoms with Gasteiger partial charge in [-0.1, -0.05) is 25.8 Å². The zero-order chi connectivity index (χ0) is 12.0. The third-order valence-corrected chi connectivity index (χ3v) is 3.09. The minimum absolute atomic E-state index is 0.369. The normalized spacial score (nSPS) is 12.5. The molecule has 0 saturated heterocycles. The van der Waals surface area contributed by atoms with Crippen molar-refractivity contribution in [3.05, 3.63) is 28.2 Å². The van der Waals surface area contributed by atoms with Gasteiger partial charge in [0, 0.05) is 0 Å². The van der Waals surface area contributed by atoms with Crippen molar-refractivity contribution in [2.45, 2.75) is 39.2 Å². The molecule has 0 aliphatic rings. The number of hydrogen-bond donors (Lipinski definition) is 1. The number of benzene rings is 1. The third kappa shape index (κ3) is 3.80. The lowest BCUT2D eigenvalue weighted by Crippen LogP contribution is -1.99. The van der Waals surface area contributed by atoms with E-state index >= 15 is 0 Å².